The number of carbonyl (C=O) groups excluding carboxylic acids is 1. The zero-order chi connectivity index (χ0) is 12.3. The quantitative estimate of drug-likeness (QED) is 0.778. The number of nitrogens with one attached hydrogen (secondary N) is 1. The van der Waals surface area contributed by atoms with Crippen LogP contribution in [-0.2, 0) is 4.79 Å². The van der Waals surface area contributed by atoms with Gasteiger partial charge in [-0.1, -0.05) is 0 Å². The first kappa shape index (κ1) is 12.8. The Kier molecular flexibility index (Phi) is 4.40. The van der Waals surface area contributed by atoms with Crippen molar-refractivity contribution in [3.05, 3.63) is 0 Å². The molecule has 98 valence electrons. The first-order valence-electron chi connectivity index (χ1n) is 6.81. The summed E-state index contributed by atoms with van der Waals surface area (Å²) in [6, 6.07) is 0.451. The fourth-order valence-corrected chi connectivity index (χ4v) is 3.03. The highest BCUT2D eigenvalue weighted by Crippen LogP contribution is 2.21. The molecule has 0 aliphatic carbocycles. The van der Waals surface area contributed by atoms with Gasteiger partial charge in [0, 0.05) is 25.6 Å². The lowest BCUT2D eigenvalue weighted by atomic mass is 10.0. The summed E-state index contributed by atoms with van der Waals surface area (Å²) >= 11 is 0. The van der Waals surface area contributed by atoms with Crippen molar-refractivity contribution in [1.82, 2.24) is 15.1 Å². The van der Waals surface area contributed by atoms with Gasteiger partial charge in [-0.05, 0) is 52.4 Å². The molecule has 2 aliphatic heterocycles. The van der Waals surface area contributed by atoms with Gasteiger partial charge in [0.15, 0.2) is 0 Å². The van der Waals surface area contributed by atoms with Gasteiger partial charge in [-0.2, -0.15) is 0 Å². The Balaban J connectivity index is 1.84. The lowest BCUT2D eigenvalue weighted by Gasteiger charge is -2.28. The fourth-order valence-electron chi connectivity index (χ4n) is 3.03. The molecule has 2 rings (SSSR count). The van der Waals surface area contributed by atoms with Crippen LogP contribution in [0.25, 0.3) is 0 Å². The van der Waals surface area contributed by atoms with Crippen LogP contribution in [-0.4, -0.2) is 62.0 Å². The molecule has 1 N–H and O–H groups in total. The lowest BCUT2D eigenvalue weighted by Crippen LogP contribution is -2.42. The van der Waals surface area contributed by atoms with Crippen LogP contribution in [0.5, 0.6) is 0 Å². The molecule has 2 saturated heterocycles. The van der Waals surface area contributed by atoms with Gasteiger partial charge in [0.05, 0.1) is 0 Å². The number of likely N-dealkylation sites (tertiary alicyclic amines) is 1. The van der Waals surface area contributed by atoms with Gasteiger partial charge in [-0.15, -0.1) is 0 Å². The van der Waals surface area contributed by atoms with Gasteiger partial charge < -0.3 is 15.1 Å². The smallest absolute Gasteiger partial charge is 0.223 e. The Hall–Kier alpha value is -0.610. The molecule has 0 bridgehead atoms. The van der Waals surface area contributed by atoms with Crippen LogP contribution < -0.4 is 5.32 Å². The maximum Gasteiger partial charge on any atom is 0.223 e. The van der Waals surface area contributed by atoms with E-state index < -0.39 is 0 Å². The average Bonchev–Trinajstić information content (AvgIpc) is 2.87. The molecule has 0 aromatic carbocycles. The highest BCUT2D eigenvalue weighted by Gasteiger charge is 2.30. The third-order valence-electron chi connectivity index (χ3n) is 3.90. The Morgan fingerprint density at radius 1 is 1.41 bits per heavy atom. The van der Waals surface area contributed by atoms with Crippen molar-refractivity contribution in [2.45, 2.75) is 31.7 Å². The Labute approximate surface area is 104 Å². The Bertz CT molecular complexity index is 261. The predicted molar refractivity (Wildman–Crippen MR) is 68.9 cm³/mol. The van der Waals surface area contributed by atoms with Crippen LogP contribution in [0.1, 0.15) is 25.7 Å². The highest BCUT2D eigenvalue weighted by molar-refractivity contribution is 5.77. The normalized spacial score (nSPS) is 29.2. The summed E-state index contributed by atoms with van der Waals surface area (Å²) in [5, 5.41) is 3.33. The molecule has 0 aromatic rings. The number of hydrogen-bond acceptors (Lipinski definition) is 3. The Morgan fingerprint density at radius 3 is 2.88 bits per heavy atom. The molecular formula is C13H25N3O. The fraction of sp³-hybridized carbons (Fsp3) is 0.923. The van der Waals surface area contributed by atoms with Crippen molar-refractivity contribution < 1.29 is 4.79 Å². The third-order valence-corrected chi connectivity index (χ3v) is 3.90. The van der Waals surface area contributed by atoms with E-state index in [1.165, 1.54) is 12.8 Å². The second kappa shape index (κ2) is 5.83. The van der Waals surface area contributed by atoms with Crippen LogP contribution in [0.2, 0.25) is 0 Å². The molecule has 2 aliphatic rings. The minimum atomic E-state index is 0.378. The summed E-state index contributed by atoms with van der Waals surface area (Å²) in [6.07, 6.45) is 4.26. The van der Waals surface area contributed by atoms with Gasteiger partial charge in [0.2, 0.25) is 5.91 Å². The number of carbonyl (C=O) groups is 1. The molecule has 2 atom stereocenters. The van der Waals surface area contributed by atoms with Gasteiger partial charge in [0.25, 0.3) is 0 Å². The number of rotatable bonds is 4. The molecule has 2 unspecified atom stereocenters. The Morgan fingerprint density at radius 2 is 2.24 bits per heavy atom. The van der Waals surface area contributed by atoms with E-state index in [4.69, 9.17) is 0 Å². The predicted octanol–water partition coefficient (Wildman–Crippen LogP) is 0.539. The molecule has 0 aromatic heterocycles. The minimum absolute atomic E-state index is 0.378. The van der Waals surface area contributed by atoms with Crippen molar-refractivity contribution in [2.24, 2.45) is 5.92 Å². The highest BCUT2D eigenvalue weighted by atomic mass is 16.2. The van der Waals surface area contributed by atoms with Gasteiger partial charge in [-0.3, -0.25) is 4.79 Å². The summed E-state index contributed by atoms with van der Waals surface area (Å²) in [7, 11) is 4.17. The van der Waals surface area contributed by atoms with E-state index in [0.29, 0.717) is 17.9 Å². The van der Waals surface area contributed by atoms with Crippen LogP contribution in [0, 0.1) is 5.92 Å². The molecule has 17 heavy (non-hydrogen) atoms. The van der Waals surface area contributed by atoms with E-state index in [-0.39, 0.29) is 0 Å². The van der Waals surface area contributed by atoms with Gasteiger partial charge in [0.1, 0.15) is 0 Å². The molecular weight excluding hydrogens is 214 g/mol. The van der Waals surface area contributed by atoms with Crippen molar-refractivity contribution in [3.8, 4) is 0 Å². The summed E-state index contributed by atoms with van der Waals surface area (Å²) < 4.78 is 0. The number of hydrogen-bond donors (Lipinski definition) is 1. The van der Waals surface area contributed by atoms with Gasteiger partial charge in [-0.25, -0.2) is 0 Å². The third kappa shape index (κ3) is 3.42. The maximum atomic E-state index is 12.3. The minimum Gasteiger partial charge on any atom is -0.338 e. The molecule has 2 heterocycles. The zero-order valence-electron chi connectivity index (χ0n) is 11.1. The molecule has 2 fully saturated rings. The number of amides is 1. The van der Waals surface area contributed by atoms with Gasteiger partial charge >= 0.3 is 0 Å². The molecule has 0 radical (unpaired) electrons. The lowest BCUT2D eigenvalue weighted by molar-refractivity contribution is -0.133. The van der Waals surface area contributed by atoms with Crippen LogP contribution in [0.15, 0.2) is 0 Å². The second-order valence-corrected chi connectivity index (χ2v) is 5.71. The molecule has 4 heteroatoms. The molecule has 0 spiro atoms. The van der Waals surface area contributed by atoms with E-state index in [1.807, 2.05) is 0 Å². The van der Waals surface area contributed by atoms with E-state index in [9.17, 15) is 4.79 Å². The molecule has 4 nitrogen and oxygen atoms in total. The maximum absolute atomic E-state index is 12.3. The summed E-state index contributed by atoms with van der Waals surface area (Å²) in [4.78, 5) is 16.6. The first-order chi connectivity index (χ1) is 8.16. The number of likely N-dealkylation sites (N-methyl/N-ethyl adjacent to an activating group) is 1. The average molecular weight is 239 g/mol. The summed E-state index contributed by atoms with van der Waals surface area (Å²) in [5.41, 5.74) is 0. The van der Waals surface area contributed by atoms with Crippen molar-refractivity contribution in [1.29, 1.82) is 0 Å². The number of nitrogens with zero attached hydrogens (tertiary/aromatic N) is 2. The molecule has 0 saturated carbocycles. The standard InChI is InChI=1S/C13H25N3O/c1-15(2)10-12-4-3-7-16(12)13(17)8-11-5-6-14-9-11/h11-12,14H,3-10H2,1-2H3. The first-order valence-corrected chi connectivity index (χ1v) is 6.81. The zero-order valence-corrected chi connectivity index (χ0v) is 11.1. The molecule has 1 amide bonds. The SMILES string of the molecule is CN(C)CC1CCCN1C(=O)CC1CCNC1. The topological polar surface area (TPSA) is 35.6 Å². The second-order valence-electron chi connectivity index (χ2n) is 5.71. The van der Waals surface area contributed by atoms with Crippen molar-refractivity contribution in [3.63, 3.8) is 0 Å². The largest absolute Gasteiger partial charge is 0.338 e. The van der Waals surface area contributed by atoms with Crippen LogP contribution >= 0.6 is 0 Å². The van der Waals surface area contributed by atoms with E-state index in [0.717, 1.165) is 39.0 Å². The van der Waals surface area contributed by atoms with E-state index >= 15 is 0 Å². The van der Waals surface area contributed by atoms with Crippen LogP contribution in [0.3, 0.4) is 0 Å². The summed E-state index contributed by atoms with van der Waals surface area (Å²) in [6.45, 7) is 4.09. The van der Waals surface area contributed by atoms with Crippen molar-refractivity contribution in [2.75, 3.05) is 40.3 Å². The van der Waals surface area contributed by atoms with E-state index in [1.54, 1.807) is 0 Å². The van der Waals surface area contributed by atoms with Crippen LogP contribution in [0.4, 0.5) is 0 Å². The summed E-state index contributed by atoms with van der Waals surface area (Å²) in [5.74, 6) is 0.950. The van der Waals surface area contributed by atoms with Crippen molar-refractivity contribution >= 4 is 5.91 Å². The van der Waals surface area contributed by atoms with E-state index in [2.05, 4.69) is 29.2 Å². The monoisotopic (exact) mass is 239 g/mol.